The first kappa shape index (κ1) is 9.97. The van der Waals surface area contributed by atoms with Crippen molar-refractivity contribution in [2.75, 3.05) is 6.54 Å². The van der Waals surface area contributed by atoms with E-state index < -0.39 is 11.5 Å². The molecule has 0 saturated carbocycles. The number of carbonyl (C=O) groups is 1. The second kappa shape index (κ2) is 3.54. The Morgan fingerprint density at radius 1 is 1.36 bits per heavy atom. The fourth-order valence-electron chi connectivity index (χ4n) is 3.01. The van der Waals surface area contributed by atoms with Crippen LogP contribution in [0.15, 0.2) is 0 Å². The Morgan fingerprint density at radius 3 is 2.79 bits per heavy atom. The van der Waals surface area contributed by atoms with Crippen molar-refractivity contribution >= 4 is 5.97 Å². The van der Waals surface area contributed by atoms with E-state index in [4.69, 9.17) is 0 Å². The minimum Gasteiger partial charge on any atom is -0.480 e. The smallest absolute Gasteiger partial charge is 0.323 e. The molecule has 2 aliphatic heterocycles. The Balaban J connectivity index is 2.20. The van der Waals surface area contributed by atoms with Crippen molar-refractivity contribution in [3.05, 3.63) is 0 Å². The van der Waals surface area contributed by atoms with E-state index in [-0.39, 0.29) is 0 Å². The molecule has 0 radical (unpaired) electrons. The fraction of sp³-hybridized carbons (Fsp3) is 0.909. The molecule has 0 bridgehead atoms. The average molecular weight is 197 g/mol. The molecule has 2 saturated heterocycles. The number of fused-ring (bicyclic) bond motifs is 1. The number of hydrogen-bond donors (Lipinski definition) is 1. The number of carboxylic acid groups (broad SMARTS) is 1. The van der Waals surface area contributed by atoms with Crippen molar-refractivity contribution in [1.82, 2.24) is 4.90 Å². The minimum absolute atomic E-state index is 0.540. The highest BCUT2D eigenvalue weighted by molar-refractivity contribution is 5.78. The van der Waals surface area contributed by atoms with E-state index in [1.165, 1.54) is 25.7 Å². The molecule has 80 valence electrons. The van der Waals surface area contributed by atoms with Crippen molar-refractivity contribution in [2.24, 2.45) is 0 Å². The zero-order valence-corrected chi connectivity index (χ0v) is 8.83. The molecule has 2 rings (SSSR count). The third-order valence-corrected chi connectivity index (χ3v) is 3.92. The lowest BCUT2D eigenvalue weighted by Crippen LogP contribution is -2.60. The van der Waals surface area contributed by atoms with Crippen LogP contribution in [0, 0.1) is 0 Å². The number of aliphatic carboxylic acids is 1. The lowest BCUT2D eigenvalue weighted by atomic mass is 9.81. The largest absolute Gasteiger partial charge is 0.480 e. The molecule has 1 N–H and O–H groups in total. The van der Waals surface area contributed by atoms with Gasteiger partial charge in [-0.05, 0) is 45.6 Å². The molecule has 2 heterocycles. The summed E-state index contributed by atoms with van der Waals surface area (Å²) in [7, 11) is 0. The number of nitrogens with zero attached hydrogens (tertiary/aromatic N) is 1. The van der Waals surface area contributed by atoms with E-state index in [0.717, 1.165) is 19.4 Å². The van der Waals surface area contributed by atoms with Crippen LogP contribution in [0.1, 0.15) is 45.4 Å². The van der Waals surface area contributed by atoms with Crippen LogP contribution in [0.2, 0.25) is 0 Å². The van der Waals surface area contributed by atoms with E-state index >= 15 is 0 Å². The maximum Gasteiger partial charge on any atom is 0.323 e. The van der Waals surface area contributed by atoms with Gasteiger partial charge in [-0.25, -0.2) is 0 Å². The maximum absolute atomic E-state index is 11.3. The van der Waals surface area contributed by atoms with Gasteiger partial charge in [-0.1, -0.05) is 6.42 Å². The Hall–Kier alpha value is -0.570. The Bertz CT molecular complexity index is 239. The van der Waals surface area contributed by atoms with Crippen LogP contribution in [0.3, 0.4) is 0 Å². The van der Waals surface area contributed by atoms with Gasteiger partial charge < -0.3 is 5.11 Å². The predicted molar refractivity (Wildman–Crippen MR) is 54.2 cm³/mol. The SMILES string of the molecule is CC1(C(=O)O)CCCC2CCCCN21. The maximum atomic E-state index is 11.3. The van der Waals surface area contributed by atoms with E-state index in [1.807, 2.05) is 6.92 Å². The minimum atomic E-state index is -0.635. The van der Waals surface area contributed by atoms with E-state index in [9.17, 15) is 9.90 Å². The molecule has 0 aromatic rings. The van der Waals surface area contributed by atoms with Gasteiger partial charge >= 0.3 is 5.97 Å². The summed E-state index contributed by atoms with van der Waals surface area (Å²) in [4.78, 5) is 13.5. The molecule has 2 unspecified atom stereocenters. The Morgan fingerprint density at radius 2 is 2.07 bits per heavy atom. The predicted octanol–water partition coefficient (Wildman–Crippen LogP) is 1.87. The number of piperidine rings is 2. The first-order chi connectivity index (χ1) is 6.64. The Kier molecular flexibility index (Phi) is 2.52. The van der Waals surface area contributed by atoms with Crippen LogP contribution in [0.5, 0.6) is 0 Å². The van der Waals surface area contributed by atoms with Gasteiger partial charge in [-0.3, -0.25) is 9.69 Å². The average Bonchev–Trinajstić information content (AvgIpc) is 2.18. The van der Waals surface area contributed by atoms with Gasteiger partial charge in [0.2, 0.25) is 0 Å². The highest BCUT2D eigenvalue weighted by atomic mass is 16.4. The van der Waals surface area contributed by atoms with Gasteiger partial charge in [0.15, 0.2) is 0 Å². The molecule has 2 aliphatic rings. The molecule has 0 amide bonds. The number of rotatable bonds is 1. The van der Waals surface area contributed by atoms with Crippen LogP contribution in [-0.4, -0.2) is 34.1 Å². The molecule has 0 aromatic heterocycles. The molecule has 2 atom stereocenters. The zero-order valence-electron chi connectivity index (χ0n) is 8.83. The molecule has 0 spiro atoms. The van der Waals surface area contributed by atoms with Gasteiger partial charge in [0, 0.05) is 6.04 Å². The fourth-order valence-corrected chi connectivity index (χ4v) is 3.01. The summed E-state index contributed by atoms with van der Waals surface area (Å²) in [6.07, 6.45) is 6.73. The zero-order chi connectivity index (χ0) is 10.2. The summed E-state index contributed by atoms with van der Waals surface area (Å²) in [5, 5.41) is 9.29. The molecular weight excluding hydrogens is 178 g/mol. The lowest BCUT2D eigenvalue weighted by Gasteiger charge is -2.49. The molecular formula is C11H19NO2. The molecule has 0 aliphatic carbocycles. The molecule has 14 heavy (non-hydrogen) atoms. The summed E-state index contributed by atoms with van der Waals surface area (Å²) in [5.41, 5.74) is -0.580. The van der Waals surface area contributed by atoms with Crippen LogP contribution in [0.25, 0.3) is 0 Å². The standard InChI is InChI=1S/C11H19NO2/c1-11(10(13)14)7-4-6-9-5-2-3-8-12(9)11/h9H,2-8H2,1H3,(H,13,14). The van der Waals surface area contributed by atoms with Gasteiger partial charge in [0.1, 0.15) is 5.54 Å². The molecule has 0 aromatic carbocycles. The second-order valence-electron chi connectivity index (χ2n) is 4.81. The highest BCUT2D eigenvalue weighted by Crippen LogP contribution is 2.36. The van der Waals surface area contributed by atoms with E-state index in [0.29, 0.717) is 6.04 Å². The van der Waals surface area contributed by atoms with Gasteiger partial charge in [-0.15, -0.1) is 0 Å². The van der Waals surface area contributed by atoms with Gasteiger partial charge in [0.05, 0.1) is 0 Å². The number of hydrogen-bond acceptors (Lipinski definition) is 2. The van der Waals surface area contributed by atoms with Crippen LogP contribution in [0.4, 0.5) is 0 Å². The first-order valence-electron chi connectivity index (χ1n) is 5.65. The van der Waals surface area contributed by atoms with Crippen LogP contribution in [-0.2, 0) is 4.79 Å². The van der Waals surface area contributed by atoms with Crippen molar-refractivity contribution in [1.29, 1.82) is 0 Å². The summed E-state index contributed by atoms with van der Waals surface area (Å²) < 4.78 is 0. The van der Waals surface area contributed by atoms with E-state index in [2.05, 4.69) is 4.90 Å². The topological polar surface area (TPSA) is 40.5 Å². The van der Waals surface area contributed by atoms with Crippen molar-refractivity contribution in [3.63, 3.8) is 0 Å². The first-order valence-corrected chi connectivity index (χ1v) is 5.65. The quantitative estimate of drug-likeness (QED) is 0.697. The van der Waals surface area contributed by atoms with E-state index in [1.54, 1.807) is 0 Å². The summed E-state index contributed by atoms with van der Waals surface area (Å²) in [6.45, 7) is 2.88. The van der Waals surface area contributed by atoms with Gasteiger partial charge in [-0.2, -0.15) is 0 Å². The highest BCUT2D eigenvalue weighted by Gasteiger charge is 2.45. The van der Waals surface area contributed by atoms with Crippen molar-refractivity contribution < 1.29 is 9.90 Å². The van der Waals surface area contributed by atoms with Gasteiger partial charge in [0.25, 0.3) is 0 Å². The van der Waals surface area contributed by atoms with Crippen LogP contribution >= 0.6 is 0 Å². The summed E-state index contributed by atoms with van der Waals surface area (Å²) in [6, 6.07) is 0.540. The van der Waals surface area contributed by atoms with Crippen LogP contribution < -0.4 is 0 Å². The molecule has 3 nitrogen and oxygen atoms in total. The van der Waals surface area contributed by atoms with Crippen molar-refractivity contribution in [2.45, 2.75) is 57.0 Å². The molecule has 3 heteroatoms. The number of carboxylic acids is 1. The summed E-state index contributed by atoms with van der Waals surface area (Å²) >= 11 is 0. The van der Waals surface area contributed by atoms with Crippen molar-refractivity contribution in [3.8, 4) is 0 Å². The Labute approximate surface area is 85.1 Å². The lowest BCUT2D eigenvalue weighted by molar-refractivity contribution is -0.157. The normalized spacial score (nSPS) is 39.1. The third kappa shape index (κ3) is 1.44. The summed E-state index contributed by atoms with van der Waals surface area (Å²) in [5.74, 6) is -0.635. The molecule has 2 fully saturated rings. The third-order valence-electron chi connectivity index (χ3n) is 3.92. The monoisotopic (exact) mass is 197 g/mol. The second-order valence-corrected chi connectivity index (χ2v) is 4.81.